The lowest BCUT2D eigenvalue weighted by Crippen LogP contribution is -2.19. The molecule has 4 bridgehead atoms. The van der Waals surface area contributed by atoms with Gasteiger partial charge in [0.1, 0.15) is 11.5 Å². The van der Waals surface area contributed by atoms with Crippen molar-refractivity contribution in [3.8, 4) is 11.5 Å². The Morgan fingerprint density at radius 2 is 1.14 bits per heavy atom. The molecule has 0 aromatic heterocycles. The largest absolute Gasteiger partial charge is 0.584 e. The third-order valence-corrected chi connectivity index (χ3v) is 6.08. The first-order valence-corrected chi connectivity index (χ1v) is 11.2. The third-order valence-electron chi connectivity index (χ3n) is 5.23. The molecule has 1 aliphatic heterocycles. The molecule has 2 aromatic rings. The van der Waals surface area contributed by atoms with Crippen LogP contribution < -0.4 is 9.05 Å². The number of phosphoric ester groups is 1. The van der Waals surface area contributed by atoms with E-state index in [9.17, 15) is 9.46 Å². The summed E-state index contributed by atoms with van der Waals surface area (Å²) in [6.07, 6.45) is 0.711. The molecule has 0 fully saturated rings. The summed E-state index contributed by atoms with van der Waals surface area (Å²) in [5, 5.41) is 0. The Hall–Kier alpha value is -1.77. The zero-order valence-corrected chi connectivity index (χ0v) is 19.0. The maximum absolute atomic E-state index is 12.7. The molecule has 0 unspecified atom stereocenters. The Morgan fingerprint density at radius 1 is 0.786 bits per heavy atom. The fraction of sp³-hybridized carbons (Fsp3) is 0.478. The van der Waals surface area contributed by atoms with Crippen molar-refractivity contribution in [3.63, 3.8) is 0 Å². The quantitative estimate of drug-likeness (QED) is 0.521. The summed E-state index contributed by atoms with van der Waals surface area (Å²) in [6.45, 7) is 16.9. The Morgan fingerprint density at radius 3 is 1.46 bits per heavy atom. The standard InChI is InChI=1S/C23H31O4P/c1-14-9-18(22(3,4)5)16-11-17-13-21(15(2)10-19(17)23(6,7)8)27-28(24,25)26-20(14)12-16/h9-10,12-13H,11H2,1-8H3,(H,24,25). The minimum atomic E-state index is -4.29. The zero-order valence-electron chi connectivity index (χ0n) is 18.1. The van der Waals surface area contributed by atoms with Crippen LogP contribution in [0.3, 0.4) is 0 Å². The summed E-state index contributed by atoms with van der Waals surface area (Å²) in [5.41, 5.74) is 6.18. The zero-order chi connectivity index (χ0) is 21.1. The van der Waals surface area contributed by atoms with Gasteiger partial charge in [0.15, 0.2) is 0 Å². The van der Waals surface area contributed by atoms with E-state index in [1.165, 1.54) is 11.1 Å². The molecule has 0 radical (unpaired) electrons. The number of rotatable bonds is 0. The fourth-order valence-electron chi connectivity index (χ4n) is 3.82. The molecule has 1 aliphatic rings. The molecule has 152 valence electrons. The first kappa shape index (κ1) is 21.0. The van der Waals surface area contributed by atoms with Gasteiger partial charge in [0.2, 0.25) is 0 Å². The Kier molecular flexibility index (Phi) is 4.97. The lowest BCUT2D eigenvalue weighted by Gasteiger charge is -2.29. The average molecular weight is 402 g/mol. The SMILES string of the molecule is Cc1cc(C(C)(C)C)c2cc1OP(=O)(O)Oc1cc(c(C(C)(C)C)cc1C)C2. The van der Waals surface area contributed by atoms with Crippen molar-refractivity contribution in [2.75, 3.05) is 0 Å². The molecule has 0 saturated carbocycles. The van der Waals surface area contributed by atoms with Crippen molar-refractivity contribution < 1.29 is 18.5 Å². The summed E-state index contributed by atoms with van der Waals surface area (Å²) < 4.78 is 23.6. The molecule has 5 heteroatoms. The second-order valence-electron chi connectivity index (χ2n) is 9.88. The smallest absolute Gasteiger partial charge is 0.395 e. The van der Waals surface area contributed by atoms with Crippen LogP contribution in [0.2, 0.25) is 0 Å². The van der Waals surface area contributed by atoms with E-state index in [1.807, 2.05) is 26.0 Å². The highest BCUT2D eigenvalue weighted by Crippen LogP contribution is 2.49. The van der Waals surface area contributed by atoms with Crippen molar-refractivity contribution in [2.45, 2.75) is 72.6 Å². The number of hydrogen-bond acceptors (Lipinski definition) is 3. The fourth-order valence-corrected chi connectivity index (χ4v) is 4.75. The molecular formula is C23H31O4P. The van der Waals surface area contributed by atoms with Crippen molar-refractivity contribution in [1.82, 2.24) is 0 Å². The van der Waals surface area contributed by atoms with Gasteiger partial charge in [-0.05, 0) is 76.6 Å². The van der Waals surface area contributed by atoms with E-state index in [-0.39, 0.29) is 10.8 Å². The molecule has 28 heavy (non-hydrogen) atoms. The molecule has 0 spiro atoms. The van der Waals surface area contributed by atoms with Crippen LogP contribution >= 0.6 is 7.82 Å². The van der Waals surface area contributed by atoms with Crippen LogP contribution in [0.25, 0.3) is 0 Å². The van der Waals surface area contributed by atoms with E-state index in [2.05, 4.69) is 53.7 Å². The van der Waals surface area contributed by atoms with Crippen LogP contribution in [-0.4, -0.2) is 4.89 Å². The minimum Gasteiger partial charge on any atom is -0.395 e. The summed E-state index contributed by atoms with van der Waals surface area (Å²) in [4.78, 5) is 10.4. The van der Waals surface area contributed by atoms with E-state index >= 15 is 0 Å². The van der Waals surface area contributed by atoms with Gasteiger partial charge >= 0.3 is 7.82 Å². The molecule has 1 heterocycles. The highest BCUT2D eigenvalue weighted by Gasteiger charge is 2.31. The number of benzene rings is 2. The van der Waals surface area contributed by atoms with Crippen LogP contribution in [-0.2, 0) is 21.8 Å². The number of aryl methyl sites for hydroxylation is 2. The normalized spacial score (nSPS) is 16.2. The summed E-state index contributed by atoms with van der Waals surface area (Å²) in [5.74, 6) is 0.794. The van der Waals surface area contributed by atoms with E-state index in [4.69, 9.17) is 9.05 Å². The first-order chi connectivity index (χ1) is 12.7. The highest BCUT2D eigenvalue weighted by molar-refractivity contribution is 7.48. The maximum Gasteiger partial charge on any atom is 0.584 e. The van der Waals surface area contributed by atoms with Crippen LogP contribution in [0.5, 0.6) is 11.5 Å². The van der Waals surface area contributed by atoms with Crippen LogP contribution in [0.15, 0.2) is 24.3 Å². The van der Waals surface area contributed by atoms with Crippen molar-refractivity contribution in [1.29, 1.82) is 0 Å². The van der Waals surface area contributed by atoms with E-state index in [1.54, 1.807) is 0 Å². The van der Waals surface area contributed by atoms with Crippen LogP contribution in [0.4, 0.5) is 0 Å². The molecule has 3 rings (SSSR count). The third kappa shape index (κ3) is 4.14. The first-order valence-electron chi connectivity index (χ1n) is 9.67. The lowest BCUT2D eigenvalue weighted by atomic mass is 9.78. The number of fused-ring (bicyclic) bond motifs is 4. The lowest BCUT2D eigenvalue weighted by molar-refractivity contribution is 0.289. The van der Waals surface area contributed by atoms with Crippen molar-refractivity contribution in [2.24, 2.45) is 0 Å². The summed E-state index contributed by atoms with van der Waals surface area (Å²) in [7, 11) is -4.29. The summed E-state index contributed by atoms with van der Waals surface area (Å²) >= 11 is 0. The molecule has 0 saturated heterocycles. The predicted octanol–water partition coefficient (Wildman–Crippen LogP) is 6.36. The molecule has 4 nitrogen and oxygen atoms in total. The van der Waals surface area contributed by atoms with Crippen molar-refractivity contribution >= 4 is 7.82 Å². The van der Waals surface area contributed by atoms with Gasteiger partial charge in [0, 0.05) is 0 Å². The van der Waals surface area contributed by atoms with Gasteiger partial charge < -0.3 is 9.05 Å². The number of phosphoric acid groups is 1. The van der Waals surface area contributed by atoms with Gasteiger partial charge in [0.25, 0.3) is 0 Å². The molecule has 0 atom stereocenters. The molecule has 0 amide bonds. The monoisotopic (exact) mass is 402 g/mol. The topological polar surface area (TPSA) is 55.8 Å². The van der Waals surface area contributed by atoms with Gasteiger partial charge in [-0.15, -0.1) is 0 Å². The highest BCUT2D eigenvalue weighted by atomic mass is 31.2. The molecule has 2 aromatic carbocycles. The summed E-state index contributed by atoms with van der Waals surface area (Å²) in [6, 6.07) is 7.94. The van der Waals surface area contributed by atoms with Gasteiger partial charge in [-0.1, -0.05) is 53.7 Å². The van der Waals surface area contributed by atoms with Gasteiger partial charge in [-0.3, -0.25) is 4.89 Å². The van der Waals surface area contributed by atoms with E-state index in [0.717, 1.165) is 22.3 Å². The van der Waals surface area contributed by atoms with Gasteiger partial charge in [-0.2, -0.15) is 0 Å². The molecule has 0 aliphatic carbocycles. The minimum absolute atomic E-state index is 0.0580. The average Bonchev–Trinajstić information content (AvgIpc) is 2.50. The molecule has 1 N–H and O–H groups in total. The Balaban J connectivity index is 2.33. The second kappa shape index (κ2) is 6.64. The van der Waals surface area contributed by atoms with Gasteiger partial charge in [-0.25, -0.2) is 4.57 Å². The van der Waals surface area contributed by atoms with Crippen LogP contribution in [0, 0.1) is 13.8 Å². The second-order valence-corrected chi connectivity index (χ2v) is 11.2. The predicted molar refractivity (Wildman–Crippen MR) is 114 cm³/mol. The van der Waals surface area contributed by atoms with E-state index < -0.39 is 7.82 Å². The maximum atomic E-state index is 12.7. The van der Waals surface area contributed by atoms with Crippen molar-refractivity contribution in [3.05, 3.63) is 57.6 Å². The Bertz CT molecular complexity index is 902. The van der Waals surface area contributed by atoms with Gasteiger partial charge in [0.05, 0.1) is 0 Å². The molecular weight excluding hydrogens is 371 g/mol. The van der Waals surface area contributed by atoms with Crippen LogP contribution in [0.1, 0.15) is 74.9 Å². The van der Waals surface area contributed by atoms with E-state index in [0.29, 0.717) is 17.9 Å². The number of hydrogen-bond donors (Lipinski definition) is 1. The Labute approximate surface area is 168 Å².